The SMILES string of the molecule is COc1ccc(Cl)cc1C(Cl)C1CCCCCC1. The molecule has 1 nitrogen and oxygen atoms in total. The van der Waals surface area contributed by atoms with Gasteiger partial charge in [-0.1, -0.05) is 37.3 Å². The molecule has 1 unspecified atom stereocenters. The maximum atomic E-state index is 6.67. The minimum atomic E-state index is 0.0109. The molecule has 1 fully saturated rings. The minimum Gasteiger partial charge on any atom is -0.496 e. The summed E-state index contributed by atoms with van der Waals surface area (Å²) in [6, 6.07) is 5.70. The van der Waals surface area contributed by atoms with E-state index < -0.39 is 0 Å². The molecule has 0 heterocycles. The maximum Gasteiger partial charge on any atom is 0.123 e. The van der Waals surface area contributed by atoms with Gasteiger partial charge >= 0.3 is 0 Å². The largest absolute Gasteiger partial charge is 0.496 e. The molecule has 0 radical (unpaired) electrons. The highest BCUT2D eigenvalue weighted by molar-refractivity contribution is 6.31. The molecular weight excluding hydrogens is 267 g/mol. The summed E-state index contributed by atoms with van der Waals surface area (Å²) in [6.45, 7) is 0. The minimum absolute atomic E-state index is 0.0109. The van der Waals surface area contributed by atoms with Crippen LogP contribution in [0.15, 0.2) is 18.2 Å². The topological polar surface area (TPSA) is 9.23 Å². The summed E-state index contributed by atoms with van der Waals surface area (Å²) in [5, 5.41) is 0.738. The Bertz CT molecular complexity index is 384. The monoisotopic (exact) mass is 286 g/mol. The van der Waals surface area contributed by atoms with Crippen molar-refractivity contribution in [2.45, 2.75) is 43.9 Å². The second kappa shape index (κ2) is 6.68. The van der Waals surface area contributed by atoms with Crippen LogP contribution in [0.5, 0.6) is 5.75 Å². The number of halogens is 2. The van der Waals surface area contributed by atoms with Crippen LogP contribution in [0.25, 0.3) is 0 Å². The Morgan fingerprint density at radius 2 is 1.83 bits per heavy atom. The first-order valence-electron chi connectivity index (χ1n) is 6.70. The molecule has 1 aromatic rings. The second-order valence-corrected chi connectivity index (χ2v) is 5.95. The van der Waals surface area contributed by atoms with Gasteiger partial charge in [0.05, 0.1) is 12.5 Å². The van der Waals surface area contributed by atoms with Crippen molar-refractivity contribution in [2.75, 3.05) is 7.11 Å². The average Bonchev–Trinajstić information content (AvgIpc) is 2.66. The van der Waals surface area contributed by atoms with Crippen molar-refractivity contribution in [1.29, 1.82) is 0 Å². The lowest BCUT2D eigenvalue weighted by molar-refractivity contribution is 0.393. The number of benzene rings is 1. The van der Waals surface area contributed by atoms with Crippen molar-refractivity contribution < 1.29 is 4.74 Å². The van der Waals surface area contributed by atoms with Crippen molar-refractivity contribution >= 4 is 23.2 Å². The van der Waals surface area contributed by atoms with Gasteiger partial charge < -0.3 is 4.74 Å². The summed E-state index contributed by atoms with van der Waals surface area (Å²) in [4.78, 5) is 0. The number of alkyl halides is 1. The first-order chi connectivity index (χ1) is 8.72. The van der Waals surface area contributed by atoms with Gasteiger partial charge in [-0.05, 0) is 37.0 Å². The molecule has 1 aliphatic rings. The number of ether oxygens (including phenoxy) is 1. The molecule has 0 amide bonds. The van der Waals surface area contributed by atoms with Crippen LogP contribution < -0.4 is 4.74 Å². The molecule has 0 aliphatic heterocycles. The molecule has 1 saturated carbocycles. The summed E-state index contributed by atoms with van der Waals surface area (Å²) in [5.41, 5.74) is 1.04. The van der Waals surface area contributed by atoms with Crippen LogP contribution in [0.1, 0.15) is 49.5 Å². The van der Waals surface area contributed by atoms with Gasteiger partial charge in [0.25, 0.3) is 0 Å². The normalized spacial score (nSPS) is 19.3. The molecule has 3 heteroatoms. The predicted octanol–water partition coefficient (Wildman–Crippen LogP) is 5.60. The molecule has 0 saturated heterocycles. The van der Waals surface area contributed by atoms with Crippen LogP contribution in [0.3, 0.4) is 0 Å². The molecule has 0 aromatic heterocycles. The van der Waals surface area contributed by atoms with Gasteiger partial charge in [-0.2, -0.15) is 0 Å². The third-order valence-electron chi connectivity index (χ3n) is 3.80. The number of methoxy groups -OCH3 is 1. The van der Waals surface area contributed by atoms with Crippen molar-refractivity contribution in [3.05, 3.63) is 28.8 Å². The second-order valence-electron chi connectivity index (χ2n) is 5.04. The summed E-state index contributed by atoms with van der Waals surface area (Å²) >= 11 is 12.7. The average molecular weight is 287 g/mol. The van der Waals surface area contributed by atoms with Crippen LogP contribution in [0, 0.1) is 5.92 Å². The maximum absolute atomic E-state index is 6.67. The summed E-state index contributed by atoms with van der Waals surface area (Å²) < 4.78 is 5.40. The lowest BCUT2D eigenvalue weighted by Gasteiger charge is -2.22. The van der Waals surface area contributed by atoms with Crippen molar-refractivity contribution in [3.8, 4) is 5.75 Å². The molecule has 1 aromatic carbocycles. The predicted molar refractivity (Wildman–Crippen MR) is 77.8 cm³/mol. The fraction of sp³-hybridized carbons (Fsp3) is 0.600. The lowest BCUT2D eigenvalue weighted by Crippen LogP contribution is -2.08. The Balaban J connectivity index is 2.20. The fourth-order valence-corrected chi connectivity index (χ4v) is 3.38. The van der Waals surface area contributed by atoms with E-state index in [1.807, 2.05) is 18.2 Å². The number of rotatable bonds is 3. The van der Waals surface area contributed by atoms with Gasteiger partial charge in [0.15, 0.2) is 0 Å². The molecule has 0 N–H and O–H groups in total. The van der Waals surface area contributed by atoms with E-state index in [2.05, 4.69) is 0 Å². The van der Waals surface area contributed by atoms with E-state index in [0.29, 0.717) is 5.92 Å². The Hall–Kier alpha value is -0.400. The third-order valence-corrected chi connectivity index (χ3v) is 4.63. The molecule has 0 bridgehead atoms. The molecule has 2 rings (SSSR count). The van der Waals surface area contributed by atoms with E-state index in [1.54, 1.807) is 7.11 Å². The van der Waals surface area contributed by atoms with Crippen LogP contribution in [-0.4, -0.2) is 7.11 Å². The highest BCUT2D eigenvalue weighted by atomic mass is 35.5. The van der Waals surface area contributed by atoms with Crippen LogP contribution >= 0.6 is 23.2 Å². The zero-order valence-electron chi connectivity index (χ0n) is 10.8. The first kappa shape index (κ1) is 14.0. The van der Waals surface area contributed by atoms with Crippen LogP contribution in [0.4, 0.5) is 0 Å². The molecule has 0 spiro atoms. The quantitative estimate of drug-likeness (QED) is 0.519. The van der Waals surface area contributed by atoms with Crippen LogP contribution in [0.2, 0.25) is 5.02 Å². The Kier molecular flexibility index (Phi) is 5.20. The number of hydrogen-bond acceptors (Lipinski definition) is 1. The zero-order chi connectivity index (χ0) is 13.0. The van der Waals surface area contributed by atoms with Gasteiger partial charge in [-0.3, -0.25) is 0 Å². The highest BCUT2D eigenvalue weighted by Gasteiger charge is 2.24. The van der Waals surface area contributed by atoms with Crippen molar-refractivity contribution in [3.63, 3.8) is 0 Å². The molecule has 100 valence electrons. The van der Waals surface area contributed by atoms with E-state index >= 15 is 0 Å². The molecule has 1 aliphatic carbocycles. The van der Waals surface area contributed by atoms with Crippen LogP contribution in [-0.2, 0) is 0 Å². The van der Waals surface area contributed by atoms with Crippen molar-refractivity contribution in [1.82, 2.24) is 0 Å². The molecule has 18 heavy (non-hydrogen) atoms. The van der Waals surface area contributed by atoms with E-state index in [9.17, 15) is 0 Å². The van der Waals surface area contributed by atoms with Gasteiger partial charge in [-0.25, -0.2) is 0 Å². The summed E-state index contributed by atoms with van der Waals surface area (Å²) in [7, 11) is 1.68. The van der Waals surface area contributed by atoms with Gasteiger partial charge in [0.1, 0.15) is 5.75 Å². The van der Waals surface area contributed by atoms with E-state index in [4.69, 9.17) is 27.9 Å². The fourth-order valence-electron chi connectivity index (χ4n) is 2.78. The molecule has 1 atom stereocenters. The number of hydrogen-bond donors (Lipinski definition) is 0. The van der Waals surface area contributed by atoms with Gasteiger partial charge in [-0.15, -0.1) is 11.6 Å². The Morgan fingerprint density at radius 1 is 1.17 bits per heavy atom. The van der Waals surface area contributed by atoms with E-state index in [-0.39, 0.29) is 5.38 Å². The third kappa shape index (κ3) is 3.33. The van der Waals surface area contributed by atoms with Crippen molar-refractivity contribution in [2.24, 2.45) is 5.92 Å². The summed E-state index contributed by atoms with van der Waals surface area (Å²) in [6.07, 6.45) is 7.68. The lowest BCUT2D eigenvalue weighted by atomic mass is 9.91. The van der Waals surface area contributed by atoms with E-state index in [1.165, 1.54) is 38.5 Å². The van der Waals surface area contributed by atoms with Gasteiger partial charge in [0, 0.05) is 10.6 Å². The first-order valence-corrected chi connectivity index (χ1v) is 7.51. The van der Waals surface area contributed by atoms with Gasteiger partial charge in [0.2, 0.25) is 0 Å². The smallest absolute Gasteiger partial charge is 0.123 e. The Morgan fingerprint density at radius 3 is 2.44 bits per heavy atom. The van der Waals surface area contributed by atoms with E-state index in [0.717, 1.165) is 16.3 Å². The standard InChI is InChI=1S/C15H20Cl2O/c1-18-14-9-8-12(16)10-13(14)15(17)11-6-4-2-3-5-7-11/h8-11,15H,2-7H2,1H3. The summed E-state index contributed by atoms with van der Waals surface area (Å²) in [5.74, 6) is 1.39. The highest BCUT2D eigenvalue weighted by Crippen LogP contribution is 2.42. The zero-order valence-corrected chi connectivity index (χ0v) is 12.3. The molecular formula is C15H20Cl2O. The Labute approximate surface area is 119 Å².